The van der Waals surface area contributed by atoms with Crippen LogP contribution >= 0.6 is 0 Å². The Labute approximate surface area is 154 Å². The maximum atomic E-state index is 12.2. The molecule has 1 heterocycles. The molecule has 1 unspecified atom stereocenters. The lowest BCUT2D eigenvalue weighted by Crippen LogP contribution is -2.26. The van der Waals surface area contributed by atoms with E-state index in [0.717, 1.165) is 24.1 Å². The molecule has 1 atom stereocenters. The molecule has 5 heteroatoms. The van der Waals surface area contributed by atoms with E-state index in [1.54, 1.807) is 11.0 Å². The van der Waals surface area contributed by atoms with Crippen molar-refractivity contribution in [1.29, 1.82) is 0 Å². The Morgan fingerprint density at radius 2 is 1.77 bits per heavy atom. The third-order valence-corrected chi connectivity index (χ3v) is 4.53. The zero-order valence-electron chi connectivity index (χ0n) is 15.2. The van der Waals surface area contributed by atoms with Crippen LogP contribution in [0.2, 0.25) is 0 Å². The topological polar surface area (TPSA) is 59.8 Å². The van der Waals surface area contributed by atoms with Crippen LogP contribution in [0.1, 0.15) is 43.0 Å². The molecular weight excluding hydrogens is 324 g/mol. The number of carbonyl (C=O) groups is 1. The predicted molar refractivity (Wildman–Crippen MR) is 102 cm³/mol. The molecule has 0 saturated carbocycles. The minimum atomic E-state index is -0.0326. The van der Waals surface area contributed by atoms with Gasteiger partial charge in [-0.15, -0.1) is 0 Å². The fourth-order valence-corrected chi connectivity index (χ4v) is 2.85. The predicted octanol–water partition coefficient (Wildman–Crippen LogP) is 3.64. The highest BCUT2D eigenvalue weighted by Gasteiger charge is 2.10. The number of carbonyl (C=O) groups excluding carboxylic acids is 1. The van der Waals surface area contributed by atoms with Gasteiger partial charge < -0.3 is 5.32 Å². The number of hydrogen-bond acceptors (Lipinski definition) is 3. The minimum absolute atomic E-state index is 0.0326. The molecule has 0 fully saturated rings. The van der Waals surface area contributed by atoms with Crippen molar-refractivity contribution in [2.75, 3.05) is 0 Å². The van der Waals surface area contributed by atoms with Gasteiger partial charge in [-0.2, -0.15) is 5.10 Å². The quantitative estimate of drug-likeness (QED) is 0.709. The van der Waals surface area contributed by atoms with Gasteiger partial charge in [0, 0.05) is 6.42 Å². The summed E-state index contributed by atoms with van der Waals surface area (Å²) in [5.74, 6) is 0.0671. The van der Waals surface area contributed by atoms with Crippen LogP contribution < -0.4 is 5.32 Å². The van der Waals surface area contributed by atoms with Crippen LogP contribution in [0.15, 0.2) is 61.2 Å². The van der Waals surface area contributed by atoms with Crippen molar-refractivity contribution in [2.24, 2.45) is 0 Å². The van der Waals surface area contributed by atoms with Crippen LogP contribution in [0.5, 0.6) is 0 Å². The van der Waals surface area contributed by atoms with E-state index in [4.69, 9.17) is 0 Å². The van der Waals surface area contributed by atoms with E-state index in [0.29, 0.717) is 6.42 Å². The van der Waals surface area contributed by atoms with Gasteiger partial charge in [-0.1, -0.05) is 43.3 Å². The Kier molecular flexibility index (Phi) is 5.79. The fraction of sp³-hybridized carbons (Fsp3) is 0.286. The molecule has 134 valence electrons. The molecule has 0 radical (unpaired) electrons. The number of benzene rings is 2. The molecule has 0 aliphatic rings. The van der Waals surface area contributed by atoms with Gasteiger partial charge in [-0.3, -0.25) is 4.79 Å². The van der Waals surface area contributed by atoms with Gasteiger partial charge >= 0.3 is 0 Å². The highest BCUT2D eigenvalue weighted by Crippen LogP contribution is 2.15. The van der Waals surface area contributed by atoms with E-state index in [1.807, 2.05) is 31.2 Å². The Morgan fingerprint density at radius 1 is 1.08 bits per heavy atom. The second-order valence-electron chi connectivity index (χ2n) is 6.39. The van der Waals surface area contributed by atoms with Gasteiger partial charge in [0.15, 0.2) is 0 Å². The average Bonchev–Trinajstić information content (AvgIpc) is 3.21. The number of aromatic nitrogens is 3. The number of nitrogens with zero attached hydrogens (tertiary/aromatic N) is 3. The van der Waals surface area contributed by atoms with Crippen molar-refractivity contribution < 1.29 is 4.79 Å². The number of aryl methyl sites for hydroxylation is 2. The summed E-state index contributed by atoms with van der Waals surface area (Å²) in [7, 11) is 0. The summed E-state index contributed by atoms with van der Waals surface area (Å²) in [5.41, 5.74) is 4.53. The van der Waals surface area contributed by atoms with E-state index >= 15 is 0 Å². The molecule has 5 nitrogen and oxygen atoms in total. The lowest BCUT2D eigenvalue weighted by molar-refractivity contribution is -0.121. The molecule has 1 aromatic heterocycles. The Bertz CT molecular complexity index is 823. The highest BCUT2D eigenvalue weighted by molar-refractivity contribution is 5.76. The molecule has 3 aromatic rings. The molecule has 0 aliphatic heterocycles. The first-order valence-electron chi connectivity index (χ1n) is 8.98. The molecule has 0 aliphatic carbocycles. The number of hydrogen-bond donors (Lipinski definition) is 1. The molecule has 0 spiro atoms. The average molecular weight is 348 g/mol. The van der Waals surface area contributed by atoms with Crippen molar-refractivity contribution in [1.82, 2.24) is 20.1 Å². The minimum Gasteiger partial charge on any atom is -0.350 e. The van der Waals surface area contributed by atoms with E-state index < -0.39 is 0 Å². The van der Waals surface area contributed by atoms with Crippen molar-refractivity contribution in [2.45, 2.75) is 39.2 Å². The Morgan fingerprint density at radius 3 is 2.38 bits per heavy atom. The maximum Gasteiger partial charge on any atom is 0.220 e. The lowest BCUT2D eigenvalue weighted by Gasteiger charge is -2.15. The fourth-order valence-electron chi connectivity index (χ4n) is 2.85. The molecule has 1 N–H and O–H groups in total. The summed E-state index contributed by atoms with van der Waals surface area (Å²) < 4.78 is 1.71. The van der Waals surface area contributed by atoms with Crippen LogP contribution in [0, 0.1) is 0 Å². The molecule has 2 aromatic carbocycles. The molecule has 0 bridgehead atoms. The summed E-state index contributed by atoms with van der Waals surface area (Å²) in [4.78, 5) is 16.2. The van der Waals surface area contributed by atoms with Gasteiger partial charge in [0.1, 0.15) is 12.7 Å². The maximum absolute atomic E-state index is 12.2. The lowest BCUT2D eigenvalue weighted by atomic mass is 10.0. The van der Waals surface area contributed by atoms with E-state index in [2.05, 4.69) is 46.6 Å². The molecule has 1 amide bonds. The van der Waals surface area contributed by atoms with Crippen molar-refractivity contribution in [3.63, 3.8) is 0 Å². The Hall–Kier alpha value is -2.95. The smallest absolute Gasteiger partial charge is 0.220 e. The summed E-state index contributed by atoms with van der Waals surface area (Å²) in [6.07, 6.45) is 5.45. The van der Waals surface area contributed by atoms with Crippen molar-refractivity contribution in [3.05, 3.63) is 77.9 Å². The van der Waals surface area contributed by atoms with Gasteiger partial charge in [0.25, 0.3) is 0 Å². The third-order valence-electron chi connectivity index (χ3n) is 4.53. The standard InChI is InChI=1S/C21H24N4O/c1-3-17-4-6-18(7-5-17)8-13-21(26)24-16(2)19-9-11-20(12-10-19)25-15-22-14-23-25/h4-7,9-12,14-16H,3,8,13H2,1-2H3,(H,24,26). The summed E-state index contributed by atoms with van der Waals surface area (Å²) in [6.45, 7) is 4.14. The first-order valence-corrected chi connectivity index (χ1v) is 8.98. The largest absolute Gasteiger partial charge is 0.350 e. The summed E-state index contributed by atoms with van der Waals surface area (Å²) in [6, 6.07) is 16.4. The number of amides is 1. The van der Waals surface area contributed by atoms with Gasteiger partial charge in [0.2, 0.25) is 5.91 Å². The first kappa shape index (κ1) is 17.9. The van der Waals surface area contributed by atoms with E-state index in [9.17, 15) is 4.79 Å². The first-order chi connectivity index (χ1) is 12.7. The van der Waals surface area contributed by atoms with E-state index in [-0.39, 0.29) is 11.9 Å². The Balaban J connectivity index is 1.51. The monoisotopic (exact) mass is 348 g/mol. The van der Waals surface area contributed by atoms with Crippen LogP contribution in [0.4, 0.5) is 0 Å². The molecule has 0 saturated heterocycles. The molecular formula is C21H24N4O. The summed E-state index contributed by atoms with van der Waals surface area (Å²) in [5, 5.41) is 7.18. The summed E-state index contributed by atoms with van der Waals surface area (Å²) >= 11 is 0. The van der Waals surface area contributed by atoms with Crippen LogP contribution in [0.3, 0.4) is 0 Å². The SMILES string of the molecule is CCc1ccc(CCC(=O)NC(C)c2ccc(-n3cncn3)cc2)cc1. The van der Waals surface area contributed by atoms with Crippen molar-refractivity contribution in [3.8, 4) is 5.69 Å². The second-order valence-corrected chi connectivity index (χ2v) is 6.39. The van der Waals surface area contributed by atoms with E-state index in [1.165, 1.54) is 17.5 Å². The molecule has 26 heavy (non-hydrogen) atoms. The third kappa shape index (κ3) is 4.57. The van der Waals surface area contributed by atoms with Crippen LogP contribution in [-0.2, 0) is 17.6 Å². The zero-order chi connectivity index (χ0) is 18.4. The normalized spacial score (nSPS) is 11.9. The molecule has 3 rings (SSSR count). The number of nitrogens with one attached hydrogen (secondary N) is 1. The van der Waals surface area contributed by atoms with Gasteiger partial charge in [0.05, 0.1) is 11.7 Å². The van der Waals surface area contributed by atoms with Gasteiger partial charge in [-0.25, -0.2) is 9.67 Å². The number of rotatable bonds is 7. The highest BCUT2D eigenvalue weighted by atomic mass is 16.1. The van der Waals surface area contributed by atoms with Crippen molar-refractivity contribution >= 4 is 5.91 Å². The van der Waals surface area contributed by atoms with Crippen LogP contribution in [-0.4, -0.2) is 20.7 Å². The second kappa shape index (κ2) is 8.43. The van der Waals surface area contributed by atoms with Crippen LogP contribution in [0.25, 0.3) is 5.69 Å². The van der Waals surface area contributed by atoms with Gasteiger partial charge in [-0.05, 0) is 48.6 Å². The zero-order valence-corrected chi connectivity index (χ0v) is 15.2.